The molecule has 2 heterocycles. The number of rotatable bonds is 9. The molecule has 2 aromatic carbocycles. The summed E-state index contributed by atoms with van der Waals surface area (Å²) < 4.78 is 35.8. The molecule has 2 saturated heterocycles. The van der Waals surface area contributed by atoms with E-state index in [1.165, 1.54) is 57.2 Å². The van der Waals surface area contributed by atoms with Crippen LogP contribution in [-0.2, 0) is 30.4 Å². The van der Waals surface area contributed by atoms with Crippen molar-refractivity contribution >= 4 is 17.7 Å². The predicted molar refractivity (Wildman–Crippen MR) is 157 cm³/mol. The van der Waals surface area contributed by atoms with Gasteiger partial charge in [-0.1, -0.05) is 29.4 Å². The standard InChI is InChI=1S/C31H37FN2O12/c1-14(29(40)33-21-22(36)24(38)27-26(23(21)37)42-13-43-27)10-16-8-9-20(19(35)11-16)45-30-31(3,41)28(39)25(46-30)15(2)34-44-12-17-6-4-5-7-18(17)32/h4-11,21-28,30,35-39,41H,12-13H2,1-3H3,(H,33,40)/t21-,22+,23-,24-,25-,26+,27-,28-,30-,31-/m1/s1. The van der Waals surface area contributed by atoms with E-state index in [-0.39, 0.29) is 41.7 Å². The number of ether oxygens (including phenoxy) is 4. The minimum absolute atomic E-state index is 0.0986. The molecule has 1 aliphatic carbocycles. The minimum atomic E-state index is -1.94. The Bertz CT molecular complexity index is 1490. The number of fused-ring (bicyclic) bond motifs is 1. The number of oxime groups is 1. The number of nitrogens with zero attached hydrogens (tertiary/aromatic N) is 1. The van der Waals surface area contributed by atoms with Crippen LogP contribution < -0.4 is 10.1 Å². The number of halogens is 1. The van der Waals surface area contributed by atoms with Crippen molar-refractivity contribution in [3.63, 3.8) is 0 Å². The fraction of sp³-hybridized carbons (Fsp3) is 0.484. The Morgan fingerprint density at radius 1 is 1.09 bits per heavy atom. The average Bonchev–Trinajstić information content (AvgIpc) is 3.60. The van der Waals surface area contributed by atoms with Crippen molar-refractivity contribution in [3.05, 3.63) is 65.0 Å². The Morgan fingerprint density at radius 3 is 2.48 bits per heavy atom. The number of benzene rings is 2. The van der Waals surface area contributed by atoms with Gasteiger partial charge in [-0.3, -0.25) is 4.79 Å². The van der Waals surface area contributed by atoms with Crippen LogP contribution in [0.5, 0.6) is 11.5 Å². The Labute approximate surface area is 263 Å². The molecule has 7 N–H and O–H groups in total. The van der Waals surface area contributed by atoms with Gasteiger partial charge in [0.15, 0.2) is 17.1 Å². The SMILES string of the molecule is CC(=Cc1ccc(O[C@@H]2O[C@H](C(C)=NOCc3ccccc3F)[C@@H](O)[C@@]2(C)O)c(O)c1)C(=O)N[C@@H]1[C@H](O)[C@@H](O)[C@H]2OCO[C@H]2[C@@H]1O. The number of phenolic OH excluding ortho intramolecular Hbond substituents is 1. The number of carbonyl (C=O) groups excluding carboxylic acids is 1. The molecule has 14 nitrogen and oxygen atoms in total. The van der Waals surface area contributed by atoms with E-state index in [1.54, 1.807) is 12.1 Å². The van der Waals surface area contributed by atoms with E-state index < -0.39 is 72.4 Å². The fourth-order valence-electron chi connectivity index (χ4n) is 5.51. The van der Waals surface area contributed by atoms with Gasteiger partial charge < -0.3 is 59.7 Å². The first-order valence-corrected chi connectivity index (χ1v) is 14.5. The number of hydrogen-bond acceptors (Lipinski definition) is 13. The van der Waals surface area contributed by atoms with Crippen LogP contribution in [0.2, 0.25) is 0 Å². The summed E-state index contributed by atoms with van der Waals surface area (Å²) in [5, 5.41) is 70.1. The summed E-state index contributed by atoms with van der Waals surface area (Å²) in [6.45, 7) is 3.93. The molecule has 0 radical (unpaired) electrons. The molecule has 10 atom stereocenters. The summed E-state index contributed by atoms with van der Waals surface area (Å²) in [5.74, 6) is -1.59. The molecule has 0 aromatic heterocycles. The maximum atomic E-state index is 13.8. The summed E-state index contributed by atoms with van der Waals surface area (Å²) in [6.07, 6.45) is -8.73. The van der Waals surface area contributed by atoms with Gasteiger partial charge in [0.25, 0.3) is 0 Å². The number of carbonyl (C=O) groups is 1. The second-order valence-electron chi connectivity index (χ2n) is 11.7. The molecular formula is C31H37FN2O12. The molecule has 1 saturated carbocycles. The second kappa shape index (κ2) is 13.6. The van der Waals surface area contributed by atoms with E-state index in [0.29, 0.717) is 5.56 Å². The van der Waals surface area contributed by atoms with Crippen LogP contribution in [0.4, 0.5) is 4.39 Å². The molecule has 0 bridgehead atoms. The highest BCUT2D eigenvalue weighted by molar-refractivity contribution is 5.97. The number of aromatic hydroxyl groups is 1. The van der Waals surface area contributed by atoms with Gasteiger partial charge in [-0.2, -0.15) is 0 Å². The van der Waals surface area contributed by atoms with E-state index >= 15 is 0 Å². The third-order valence-electron chi connectivity index (χ3n) is 8.29. The normalized spacial score (nSPS) is 34.7. The summed E-state index contributed by atoms with van der Waals surface area (Å²) in [6, 6.07) is 8.95. The van der Waals surface area contributed by atoms with Gasteiger partial charge in [0.05, 0.1) is 11.8 Å². The molecule has 250 valence electrons. The van der Waals surface area contributed by atoms with Crippen molar-refractivity contribution in [1.82, 2.24) is 5.32 Å². The first-order chi connectivity index (χ1) is 21.8. The van der Waals surface area contributed by atoms with Crippen molar-refractivity contribution in [2.75, 3.05) is 6.79 Å². The first-order valence-electron chi connectivity index (χ1n) is 14.5. The third kappa shape index (κ3) is 6.72. The van der Waals surface area contributed by atoms with Gasteiger partial charge in [-0.15, -0.1) is 0 Å². The number of nitrogens with one attached hydrogen (secondary N) is 1. The Balaban J connectivity index is 1.21. The van der Waals surface area contributed by atoms with E-state index in [1.807, 2.05) is 0 Å². The molecule has 46 heavy (non-hydrogen) atoms. The molecule has 0 spiro atoms. The van der Waals surface area contributed by atoms with Gasteiger partial charge in [-0.25, -0.2) is 4.39 Å². The highest BCUT2D eigenvalue weighted by atomic mass is 19.1. The summed E-state index contributed by atoms with van der Waals surface area (Å²) in [4.78, 5) is 18.1. The van der Waals surface area contributed by atoms with Gasteiger partial charge in [-0.05, 0) is 50.6 Å². The van der Waals surface area contributed by atoms with Crippen molar-refractivity contribution in [2.45, 2.75) is 88.0 Å². The number of phenols is 1. The van der Waals surface area contributed by atoms with Crippen molar-refractivity contribution in [1.29, 1.82) is 0 Å². The monoisotopic (exact) mass is 648 g/mol. The highest BCUT2D eigenvalue weighted by Gasteiger charge is 2.55. The molecule has 2 aliphatic heterocycles. The van der Waals surface area contributed by atoms with E-state index in [9.17, 15) is 39.8 Å². The second-order valence-corrected chi connectivity index (χ2v) is 11.7. The minimum Gasteiger partial charge on any atom is -0.504 e. The average molecular weight is 649 g/mol. The van der Waals surface area contributed by atoms with Gasteiger partial charge >= 0.3 is 0 Å². The molecule has 2 aromatic rings. The lowest BCUT2D eigenvalue weighted by Gasteiger charge is -2.41. The highest BCUT2D eigenvalue weighted by Crippen LogP contribution is 2.37. The fourth-order valence-corrected chi connectivity index (χ4v) is 5.51. The number of amides is 1. The Kier molecular flexibility index (Phi) is 9.95. The Hall–Kier alpha value is -3.67. The first kappa shape index (κ1) is 33.7. The van der Waals surface area contributed by atoms with Crippen LogP contribution in [0.3, 0.4) is 0 Å². The maximum Gasteiger partial charge on any atom is 0.247 e. The molecule has 3 fully saturated rings. The van der Waals surface area contributed by atoms with Crippen LogP contribution in [0.15, 0.2) is 53.2 Å². The summed E-state index contributed by atoms with van der Waals surface area (Å²) >= 11 is 0. The largest absolute Gasteiger partial charge is 0.504 e. The topological polar surface area (TPSA) is 209 Å². The zero-order chi connectivity index (χ0) is 33.3. The lowest BCUT2D eigenvalue weighted by atomic mass is 9.83. The molecule has 1 amide bonds. The molecule has 0 unspecified atom stereocenters. The van der Waals surface area contributed by atoms with Crippen LogP contribution >= 0.6 is 0 Å². The third-order valence-corrected chi connectivity index (χ3v) is 8.29. The van der Waals surface area contributed by atoms with Crippen molar-refractivity contribution in [3.8, 4) is 11.5 Å². The van der Waals surface area contributed by atoms with E-state index in [2.05, 4.69) is 10.5 Å². The van der Waals surface area contributed by atoms with Crippen LogP contribution in [0.25, 0.3) is 6.08 Å². The lowest BCUT2D eigenvalue weighted by Crippen LogP contribution is -2.67. The van der Waals surface area contributed by atoms with Crippen molar-refractivity contribution < 1.29 is 63.6 Å². The predicted octanol–water partition coefficient (Wildman–Crippen LogP) is 0.0655. The number of hydrogen-bond donors (Lipinski definition) is 7. The smallest absolute Gasteiger partial charge is 0.247 e. The number of aliphatic hydroxyl groups is 5. The Morgan fingerprint density at radius 2 is 1.78 bits per heavy atom. The summed E-state index contributed by atoms with van der Waals surface area (Å²) in [7, 11) is 0. The van der Waals surface area contributed by atoms with Crippen molar-refractivity contribution in [2.24, 2.45) is 5.16 Å². The van der Waals surface area contributed by atoms with Gasteiger partial charge in [0.2, 0.25) is 12.2 Å². The summed E-state index contributed by atoms with van der Waals surface area (Å²) in [5.41, 5.74) is -0.988. The lowest BCUT2D eigenvalue weighted by molar-refractivity contribution is -0.155. The van der Waals surface area contributed by atoms with Crippen LogP contribution in [0.1, 0.15) is 31.9 Å². The van der Waals surface area contributed by atoms with Crippen LogP contribution in [-0.4, -0.2) is 110 Å². The zero-order valence-electron chi connectivity index (χ0n) is 25.2. The number of aliphatic hydroxyl groups excluding tert-OH is 4. The zero-order valence-corrected chi connectivity index (χ0v) is 25.2. The molecule has 5 rings (SSSR count). The van der Waals surface area contributed by atoms with Gasteiger partial charge in [0, 0.05) is 11.1 Å². The van der Waals surface area contributed by atoms with E-state index in [0.717, 1.165) is 0 Å². The van der Waals surface area contributed by atoms with E-state index in [4.69, 9.17) is 23.8 Å². The molecule has 3 aliphatic rings. The van der Waals surface area contributed by atoms with Gasteiger partial charge in [0.1, 0.15) is 61.9 Å². The van der Waals surface area contributed by atoms with Crippen LogP contribution in [0, 0.1) is 5.82 Å². The maximum absolute atomic E-state index is 13.8. The quantitative estimate of drug-likeness (QED) is 0.109. The molecule has 15 heteroatoms. The molecular weight excluding hydrogens is 611 g/mol.